The van der Waals surface area contributed by atoms with Crippen LogP contribution in [0.25, 0.3) is 0 Å². The summed E-state index contributed by atoms with van der Waals surface area (Å²) >= 11 is 7.71. The van der Waals surface area contributed by atoms with Gasteiger partial charge in [-0.15, -0.1) is 0 Å². The van der Waals surface area contributed by atoms with Gasteiger partial charge in [-0.05, 0) is 0 Å². The zero-order chi connectivity index (χ0) is 16.2. The molecule has 1 aliphatic heterocycles. The standard InChI is InChI=1S/C11H18FN3O4S2/c12-5-1-8(9(16)14-7(4-21)11(18)19)15(2-5)10(17)6(13)3-20/h5-8,20-21H,1-4,13H2,(H,14,16)(H,18,19). The molecular weight excluding hydrogens is 321 g/mol. The highest BCUT2D eigenvalue weighted by molar-refractivity contribution is 7.80. The smallest absolute Gasteiger partial charge is 0.327 e. The third-order valence-electron chi connectivity index (χ3n) is 3.15. The third-order valence-corrected chi connectivity index (χ3v) is 3.91. The number of carboxylic acids is 1. The van der Waals surface area contributed by atoms with Crippen molar-refractivity contribution in [1.29, 1.82) is 0 Å². The fourth-order valence-corrected chi connectivity index (χ4v) is 2.42. The number of likely N-dealkylation sites (tertiary alicyclic amines) is 1. The van der Waals surface area contributed by atoms with Crippen LogP contribution in [0.3, 0.4) is 0 Å². The Hall–Kier alpha value is -1.00. The van der Waals surface area contributed by atoms with E-state index < -0.39 is 42.1 Å². The lowest BCUT2D eigenvalue weighted by Crippen LogP contribution is -2.54. The third kappa shape index (κ3) is 4.48. The lowest BCUT2D eigenvalue weighted by molar-refractivity contribution is -0.143. The summed E-state index contributed by atoms with van der Waals surface area (Å²) in [6.45, 7) is -0.239. The lowest BCUT2D eigenvalue weighted by Gasteiger charge is -2.26. The van der Waals surface area contributed by atoms with Crippen LogP contribution in [-0.4, -0.2) is 70.1 Å². The number of nitrogens with one attached hydrogen (secondary N) is 1. The number of alkyl halides is 1. The average molecular weight is 339 g/mol. The van der Waals surface area contributed by atoms with E-state index in [1.165, 1.54) is 0 Å². The van der Waals surface area contributed by atoms with Crippen LogP contribution < -0.4 is 11.1 Å². The number of hydrogen-bond donors (Lipinski definition) is 5. The van der Waals surface area contributed by atoms with E-state index in [4.69, 9.17) is 10.8 Å². The molecule has 4 atom stereocenters. The van der Waals surface area contributed by atoms with E-state index >= 15 is 0 Å². The van der Waals surface area contributed by atoms with Crippen molar-refractivity contribution >= 4 is 43.0 Å². The maximum atomic E-state index is 13.5. The van der Waals surface area contributed by atoms with Gasteiger partial charge in [0.05, 0.1) is 12.6 Å². The molecule has 1 saturated heterocycles. The number of carbonyl (C=O) groups excluding carboxylic acids is 2. The van der Waals surface area contributed by atoms with E-state index in [0.717, 1.165) is 4.90 Å². The zero-order valence-electron chi connectivity index (χ0n) is 11.1. The summed E-state index contributed by atoms with van der Waals surface area (Å²) in [6, 6.07) is -3.20. The molecule has 4 N–H and O–H groups in total. The van der Waals surface area contributed by atoms with Crippen molar-refractivity contribution in [3.63, 3.8) is 0 Å². The van der Waals surface area contributed by atoms with Crippen molar-refractivity contribution in [3.05, 3.63) is 0 Å². The number of nitrogens with zero attached hydrogens (tertiary/aromatic N) is 1. The van der Waals surface area contributed by atoms with Crippen molar-refractivity contribution in [1.82, 2.24) is 10.2 Å². The van der Waals surface area contributed by atoms with Gasteiger partial charge in [-0.3, -0.25) is 9.59 Å². The van der Waals surface area contributed by atoms with Crippen LogP contribution in [0.5, 0.6) is 0 Å². The number of aliphatic carboxylic acids is 1. The number of amides is 2. The van der Waals surface area contributed by atoms with Crippen molar-refractivity contribution < 1.29 is 23.9 Å². The molecule has 1 heterocycles. The first-order chi connectivity index (χ1) is 9.81. The summed E-state index contributed by atoms with van der Waals surface area (Å²) < 4.78 is 13.5. The van der Waals surface area contributed by atoms with Crippen LogP contribution in [0, 0.1) is 0 Å². The summed E-state index contributed by atoms with van der Waals surface area (Å²) in [6.07, 6.45) is -1.54. The summed E-state index contributed by atoms with van der Waals surface area (Å²) in [5, 5.41) is 11.1. The van der Waals surface area contributed by atoms with Crippen LogP contribution in [0.15, 0.2) is 0 Å². The Balaban J connectivity index is 2.80. The van der Waals surface area contributed by atoms with E-state index in [2.05, 4.69) is 30.6 Å². The molecule has 4 unspecified atom stereocenters. The highest BCUT2D eigenvalue weighted by Crippen LogP contribution is 2.21. The van der Waals surface area contributed by atoms with Crippen LogP contribution >= 0.6 is 25.3 Å². The lowest BCUT2D eigenvalue weighted by atomic mass is 10.1. The molecule has 0 aliphatic carbocycles. The van der Waals surface area contributed by atoms with Gasteiger partial charge in [-0.2, -0.15) is 25.3 Å². The van der Waals surface area contributed by atoms with E-state index in [-0.39, 0.29) is 24.5 Å². The summed E-state index contributed by atoms with van der Waals surface area (Å²) in [4.78, 5) is 36.0. The molecule has 0 bridgehead atoms. The molecule has 0 spiro atoms. The Morgan fingerprint density at radius 2 is 2.00 bits per heavy atom. The Morgan fingerprint density at radius 1 is 1.38 bits per heavy atom. The van der Waals surface area contributed by atoms with Crippen LogP contribution in [-0.2, 0) is 14.4 Å². The number of rotatable bonds is 6. The van der Waals surface area contributed by atoms with Gasteiger partial charge >= 0.3 is 5.97 Å². The zero-order valence-corrected chi connectivity index (χ0v) is 12.9. The molecular formula is C11H18FN3O4S2. The predicted octanol–water partition coefficient (Wildman–Crippen LogP) is -1.32. The second-order valence-electron chi connectivity index (χ2n) is 4.71. The molecule has 0 aromatic heterocycles. The Bertz CT molecular complexity index is 426. The van der Waals surface area contributed by atoms with Crippen molar-refractivity contribution in [2.75, 3.05) is 18.1 Å². The fourth-order valence-electron chi connectivity index (χ4n) is 2.02. The van der Waals surface area contributed by atoms with E-state index in [1.807, 2.05) is 0 Å². The highest BCUT2D eigenvalue weighted by atomic mass is 32.1. The predicted molar refractivity (Wildman–Crippen MR) is 80.3 cm³/mol. The molecule has 1 aliphatic rings. The number of hydrogen-bond acceptors (Lipinski definition) is 6. The molecule has 10 heteroatoms. The molecule has 0 saturated carbocycles. The summed E-state index contributed by atoms with van der Waals surface area (Å²) in [7, 11) is 0. The van der Waals surface area contributed by atoms with Crippen molar-refractivity contribution in [2.45, 2.75) is 30.7 Å². The minimum absolute atomic E-state index is 0.0645. The topological polar surface area (TPSA) is 113 Å². The summed E-state index contributed by atoms with van der Waals surface area (Å²) in [5.41, 5.74) is 5.55. The first-order valence-corrected chi connectivity index (χ1v) is 7.53. The molecule has 120 valence electrons. The van der Waals surface area contributed by atoms with Gasteiger partial charge in [-0.25, -0.2) is 9.18 Å². The first-order valence-electron chi connectivity index (χ1n) is 6.26. The molecule has 0 aromatic rings. The maximum Gasteiger partial charge on any atom is 0.327 e. The van der Waals surface area contributed by atoms with Gasteiger partial charge in [0, 0.05) is 17.9 Å². The number of halogens is 1. The maximum absolute atomic E-state index is 13.5. The quantitative estimate of drug-likeness (QED) is 0.385. The Morgan fingerprint density at radius 3 is 2.48 bits per heavy atom. The van der Waals surface area contributed by atoms with Crippen LogP contribution in [0.2, 0.25) is 0 Å². The Labute approximate surface area is 132 Å². The SMILES string of the molecule is NC(CS)C(=O)N1CC(F)CC1C(=O)NC(CS)C(=O)O. The normalized spacial score (nSPS) is 24.5. The van der Waals surface area contributed by atoms with E-state index in [0.29, 0.717) is 0 Å². The fraction of sp³-hybridized carbons (Fsp3) is 0.727. The van der Waals surface area contributed by atoms with Crippen molar-refractivity contribution in [3.8, 4) is 0 Å². The summed E-state index contributed by atoms with van der Waals surface area (Å²) in [5.74, 6) is -2.61. The van der Waals surface area contributed by atoms with Gasteiger partial charge in [0.2, 0.25) is 11.8 Å². The van der Waals surface area contributed by atoms with Gasteiger partial charge in [0.1, 0.15) is 18.3 Å². The van der Waals surface area contributed by atoms with Gasteiger partial charge < -0.3 is 21.1 Å². The molecule has 21 heavy (non-hydrogen) atoms. The number of nitrogens with two attached hydrogens (primary N) is 1. The van der Waals surface area contributed by atoms with Crippen LogP contribution in [0.1, 0.15) is 6.42 Å². The number of carboxylic acid groups (broad SMARTS) is 1. The number of carbonyl (C=O) groups is 3. The molecule has 7 nitrogen and oxygen atoms in total. The number of thiol groups is 2. The van der Waals surface area contributed by atoms with Gasteiger partial charge in [0.25, 0.3) is 0 Å². The largest absolute Gasteiger partial charge is 0.480 e. The molecule has 0 radical (unpaired) electrons. The van der Waals surface area contributed by atoms with Gasteiger partial charge in [-0.1, -0.05) is 0 Å². The van der Waals surface area contributed by atoms with Gasteiger partial charge in [0.15, 0.2) is 0 Å². The molecule has 1 fully saturated rings. The minimum atomic E-state index is -1.35. The molecule has 2 amide bonds. The first kappa shape index (κ1) is 18.1. The van der Waals surface area contributed by atoms with Crippen LogP contribution in [0.4, 0.5) is 4.39 Å². The molecule has 1 rings (SSSR count). The Kier molecular flexibility index (Phi) is 6.75. The average Bonchev–Trinajstić information content (AvgIpc) is 2.84. The van der Waals surface area contributed by atoms with E-state index in [1.54, 1.807) is 0 Å². The second kappa shape index (κ2) is 7.85. The monoisotopic (exact) mass is 339 g/mol. The highest BCUT2D eigenvalue weighted by Gasteiger charge is 2.41. The minimum Gasteiger partial charge on any atom is -0.480 e. The van der Waals surface area contributed by atoms with Crippen molar-refractivity contribution in [2.24, 2.45) is 5.73 Å². The van der Waals surface area contributed by atoms with E-state index in [9.17, 15) is 18.8 Å². The molecule has 0 aromatic carbocycles. The second-order valence-corrected chi connectivity index (χ2v) is 5.44.